The second-order valence-electron chi connectivity index (χ2n) is 6.06. The van der Waals surface area contributed by atoms with Gasteiger partial charge in [0.05, 0.1) is 6.54 Å². The molecule has 2 saturated heterocycles. The van der Waals surface area contributed by atoms with Crippen LogP contribution in [0, 0.1) is 5.92 Å². The van der Waals surface area contributed by atoms with Crippen LogP contribution in [0.25, 0.3) is 0 Å². The summed E-state index contributed by atoms with van der Waals surface area (Å²) in [5.41, 5.74) is 0. The summed E-state index contributed by atoms with van der Waals surface area (Å²) in [7, 11) is 0. The van der Waals surface area contributed by atoms with E-state index in [4.69, 9.17) is 0 Å². The van der Waals surface area contributed by atoms with Crippen LogP contribution < -0.4 is 0 Å². The highest BCUT2D eigenvalue weighted by molar-refractivity contribution is 5.85. The van der Waals surface area contributed by atoms with Crippen LogP contribution in [-0.2, 0) is 9.59 Å². The number of rotatable bonds is 3. The number of amides is 2. The third-order valence-electron chi connectivity index (χ3n) is 4.59. The minimum atomic E-state index is 0.121. The van der Waals surface area contributed by atoms with E-state index in [0.717, 1.165) is 51.5 Å². The second kappa shape index (κ2) is 7.07. The highest BCUT2D eigenvalue weighted by Gasteiger charge is 2.26. The molecule has 0 aromatic heterocycles. The van der Waals surface area contributed by atoms with E-state index >= 15 is 0 Å². The van der Waals surface area contributed by atoms with Crippen molar-refractivity contribution in [1.82, 2.24) is 14.7 Å². The number of likely N-dealkylation sites (tertiary alicyclic amines) is 1. The molecule has 0 saturated carbocycles. The van der Waals surface area contributed by atoms with Gasteiger partial charge in [-0.25, -0.2) is 0 Å². The van der Waals surface area contributed by atoms with Gasteiger partial charge in [0, 0.05) is 39.1 Å². The first-order valence-corrected chi connectivity index (χ1v) is 7.88. The molecule has 0 aliphatic carbocycles. The molecular weight excluding hydrogens is 254 g/mol. The van der Waals surface area contributed by atoms with Gasteiger partial charge in [0.15, 0.2) is 0 Å². The van der Waals surface area contributed by atoms with E-state index in [1.54, 1.807) is 4.90 Å². The second-order valence-corrected chi connectivity index (χ2v) is 6.06. The fourth-order valence-electron chi connectivity index (χ4n) is 2.92. The molecule has 2 amide bonds. The summed E-state index contributed by atoms with van der Waals surface area (Å²) >= 11 is 0. The molecule has 114 valence electrons. The Hall–Kier alpha value is -1.10. The van der Waals surface area contributed by atoms with Crippen LogP contribution in [0.1, 0.15) is 33.1 Å². The molecule has 2 fully saturated rings. The number of likely N-dealkylation sites (N-methyl/N-ethyl adjacent to an activating group) is 1. The molecule has 0 radical (unpaired) electrons. The number of hydrogen-bond acceptors (Lipinski definition) is 3. The Morgan fingerprint density at radius 2 is 1.85 bits per heavy atom. The molecule has 20 heavy (non-hydrogen) atoms. The average molecular weight is 281 g/mol. The molecule has 5 nitrogen and oxygen atoms in total. The van der Waals surface area contributed by atoms with E-state index < -0.39 is 0 Å². The number of carbonyl (C=O) groups excluding carboxylic acids is 2. The maximum absolute atomic E-state index is 12.3. The first-order chi connectivity index (χ1) is 9.60. The first-order valence-electron chi connectivity index (χ1n) is 7.88. The minimum Gasteiger partial charge on any atom is -0.341 e. The lowest BCUT2D eigenvalue weighted by atomic mass is 9.99. The largest absolute Gasteiger partial charge is 0.341 e. The smallest absolute Gasteiger partial charge is 0.242 e. The topological polar surface area (TPSA) is 43.9 Å². The van der Waals surface area contributed by atoms with Gasteiger partial charge in [0.25, 0.3) is 0 Å². The van der Waals surface area contributed by atoms with Gasteiger partial charge in [-0.1, -0.05) is 13.8 Å². The lowest BCUT2D eigenvalue weighted by Crippen LogP contribution is -2.46. The predicted octanol–water partition coefficient (Wildman–Crippen LogP) is 0.799. The third kappa shape index (κ3) is 3.95. The molecule has 2 rings (SSSR count). The normalized spacial score (nSPS) is 23.0. The number of piperidine rings is 1. The van der Waals surface area contributed by atoms with Crippen LogP contribution in [0.15, 0.2) is 0 Å². The molecule has 0 aromatic rings. The zero-order chi connectivity index (χ0) is 14.5. The molecule has 5 heteroatoms. The first kappa shape index (κ1) is 15.3. The van der Waals surface area contributed by atoms with Crippen molar-refractivity contribution in [3.63, 3.8) is 0 Å². The molecular formula is C15H27N3O2. The quantitative estimate of drug-likeness (QED) is 0.768. The molecule has 0 atom stereocenters. The molecule has 0 N–H and O–H groups in total. The summed E-state index contributed by atoms with van der Waals surface area (Å²) in [6.45, 7) is 9.67. The van der Waals surface area contributed by atoms with Gasteiger partial charge in [-0.3, -0.25) is 9.59 Å². The highest BCUT2D eigenvalue weighted by atomic mass is 16.2. The van der Waals surface area contributed by atoms with Crippen molar-refractivity contribution in [2.24, 2.45) is 5.92 Å². The number of nitrogens with zero attached hydrogens (tertiary/aromatic N) is 3. The molecule has 0 bridgehead atoms. The van der Waals surface area contributed by atoms with Gasteiger partial charge in [0.2, 0.25) is 11.8 Å². The molecule has 0 unspecified atom stereocenters. The Kier molecular flexibility index (Phi) is 5.40. The number of carbonyl (C=O) groups is 2. The summed E-state index contributed by atoms with van der Waals surface area (Å²) < 4.78 is 0. The van der Waals surface area contributed by atoms with Crippen molar-refractivity contribution in [3.05, 3.63) is 0 Å². The molecule has 0 aromatic carbocycles. The van der Waals surface area contributed by atoms with Crippen molar-refractivity contribution in [1.29, 1.82) is 0 Å². The van der Waals surface area contributed by atoms with Gasteiger partial charge in [-0.05, 0) is 25.3 Å². The van der Waals surface area contributed by atoms with Crippen LogP contribution in [0.2, 0.25) is 0 Å². The zero-order valence-corrected chi connectivity index (χ0v) is 12.8. The predicted molar refractivity (Wildman–Crippen MR) is 78.3 cm³/mol. The third-order valence-corrected chi connectivity index (χ3v) is 4.59. The van der Waals surface area contributed by atoms with Crippen molar-refractivity contribution in [2.45, 2.75) is 33.1 Å². The average Bonchev–Trinajstić information content (AvgIpc) is 2.62. The molecule has 2 aliphatic heterocycles. The van der Waals surface area contributed by atoms with E-state index in [-0.39, 0.29) is 18.4 Å². The Bertz CT molecular complexity index is 351. The fourth-order valence-corrected chi connectivity index (χ4v) is 2.92. The van der Waals surface area contributed by atoms with Gasteiger partial charge in [0.1, 0.15) is 0 Å². The van der Waals surface area contributed by atoms with Gasteiger partial charge < -0.3 is 14.7 Å². The maximum atomic E-state index is 12.3. The summed E-state index contributed by atoms with van der Waals surface area (Å²) in [4.78, 5) is 30.3. The van der Waals surface area contributed by atoms with Crippen molar-refractivity contribution in [3.8, 4) is 0 Å². The lowest BCUT2D eigenvalue weighted by molar-refractivity contribution is -0.140. The van der Waals surface area contributed by atoms with E-state index in [2.05, 4.69) is 18.7 Å². The monoisotopic (exact) mass is 281 g/mol. The van der Waals surface area contributed by atoms with E-state index in [1.807, 2.05) is 4.90 Å². The van der Waals surface area contributed by atoms with Crippen molar-refractivity contribution >= 4 is 11.8 Å². The minimum absolute atomic E-state index is 0.121. The molecule has 0 spiro atoms. The van der Waals surface area contributed by atoms with Crippen LogP contribution in [0.4, 0.5) is 0 Å². The SMILES string of the molecule is CCN1CCC(=O)N(CC(=O)N2CCC(C)CC2)CC1. The van der Waals surface area contributed by atoms with Crippen molar-refractivity contribution < 1.29 is 9.59 Å². The Morgan fingerprint density at radius 1 is 1.15 bits per heavy atom. The van der Waals surface area contributed by atoms with Gasteiger partial charge in [-0.2, -0.15) is 0 Å². The fraction of sp³-hybridized carbons (Fsp3) is 0.867. The highest BCUT2D eigenvalue weighted by Crippen LogP contribution is 2.16. The van der Waals surface area contributed by atoms with E-state index in [9.17, 15) is 9.59 Å². The number of hydrogen-bond donors (Lipinski definition) is 0. The van der Waals surface area contributed by atoms with Crippen molar-refractivity contribution in [2.75, 3.05) is 45.8 Å². The van der Waals surface area contributed by atoms with Gasteiger partial charge in [-0.15, -0.1) is 0 Å². The van der Waals surface area contributed by atoms with Crippen LogP contribution in [0.3, 0.4) is 0 Å². The van der Waals surface area contributed by atoms with Gasteiger partial charge >= 0.3 is 0 Å². The Morgan fingerprint density at radius 3 is 2.50 bits per heavy atom. The molecule has 2 aliphatic rings. The molecule has 2 heterocycles. The Labute approximate surface area is 121 Å². The Balaban J connectivity index is 1.85. The summed E-state index contributed by atoms with van der Waals surface area (Å²) in [6.07, 6.45) is 2.71. The van der Waals surface area contributed by atoms with Crippen LogP contribution >= 0.6 is 0 Å². The van der Waals surface area contributed by atoms with E-state index in [1.165, 1.54) is 0 Å². The van der Waals surface area contributed by atoms with E-state index in [0.29, 0.717) is 13.0 Å². The summed E-state index contributed by atoms with van der Waals surface area (Å²) in [5, 5.41) is 0. The lowest BCUT2D eigenvalue weighted by Gasteiger charge is -2.32. The van der Waals surface area contributed by atoms with Crippen LogP contribution in [0.5, 0.6) is 0 Å². The maximum Gasteiger partial charge on any atom is 0.242 e. The summed E-state index contributed by atoms with van der Waals surface area (Å²) in [5.74, 6) is 0.965. The standard InChI is InChI=1S/C15H27N3O2/c1-3-16-7-6-14(19)18(11-10-16)12-15(20)17-8-4-13(2)5-9-17/h13H,3-12H2,1-2H3. The summed E-state index contributed by atoms with van der Waals surface area (Å²) in [6, 6.07) is 0. The van der Waals surface area contributed by atoms with Crippen LogP contribution in [-0.4, -0.2) is 72.3 Å². The zero-order valence-electron chi connectivity index (χ0n) is 12.8.